The fourth-order valence-corrected chi connectivity index (χ4v) is 2.35. The average Bonchev–Trinajstić information content (AvgIpc) is 2.63. The molecule has 0 saturated heterocycles. The highest BCUT2D eigenvalue weighted by molar-refractivity contribution is 5.90. The Morgan fingerprint density at radius 2 is 1.43 bits per heavy atom. The third-order valence-electron chi connectivity index (χ3n) is 3.67. The zero-order chi connectivity index (χ0) is 16.7. The Kier molecular flexibility index (Phi) is 5.87. The van der Waals surface area contributed by atoms with Crippen molar-refractivity contribution in [2.75, 3.05) is 20.8 Å². The van der Waals surface area contributed by atoms with Gasteiger partial charge in [0.2, 0.25) is 0 Å². The van der Waals surface area contributed by atoms with E-state index in [2.05, 4.69) is 5.32 Å². The highest BCUT2D eigenvalue weighted by Gasteiger charge is 2.39. The lowest BCUT2D eigenvalue weighted by Gasteiger charge is -2.28. The molecule has 1 amide bonds. The van der Waals surface area contributed by atoms with Crippen molar-refractivity contribution in [3.8, 4) is 0 Å². The summed E-state index contributed by atoms with van der Waals surface area (Å²) in [5, 5.41) is 13.9. The summed E-state index contributed by atoms with van der Waals surface area (Å²) in [6.07, 6.45) is -0.574. The van der Waals surface area contributed by atoms with Gasteiger partial charge in [-0.3, -0.25) is 4.79 Å². The molecule has 2 aromatic rings. The summed E-state index contributed by atoms with van der Waals surface area (Å²) >= 11 is 0. The van der Waals surface area contributed by atoms with Crippen molar-refractivity contribution in [1.29, 1.82) is 0 Å². The van der Waals surface area contributed by atoms with Gasteiger partial charge < -0.3 is 19.9 Å². The monoisotopic (exact) mass is 315 g/mol. The topological polar surface area (TPSA) is 67.8 Å². The molecule has 0 aromatic heterocycles. The molecule has 5 heteroatoms. The van der Waals surface area contributed by atoms with Gasteiger partial charge in [0.05, 0.1) is 6.54 Å². The molecule has 0 unspecified atom stereocenters. The Hall–Kier alpha value is -2.21. The third-order valence-corrected chi connectivity index (χ3v) is 3.67. The van der Waals surface area contributed by atoms with Crippen molar-refractivity contribution in [2.45, 2.75) is 11.9 Å². The van der Waals surface area contributed by atoms with E-state index >= 15 is 0 Å². The minimum Gasteiger partial charge on any atom is -0.372 e. The van der Waals surface area contributed by atoms with E-state index in [1.807, 2.05) is 12.1 Å². The highest BCUT2D eigenvalue weighted by atomic mass is 16.7. The molecular weight excluding hydrogens is 294 g/mol. The maximum absolute atomic E-state index is 12.7. The van der Waals surface area contributed by atoms with Crippen molar-refractivity contribution < 1.29 is 19.4 Å². The standard InChI is InChI=1S/C18H21NO4/c1-22-16(23-2)13-19-17(20)18(21,14-9-5-3-6-10-14)15-11-7-4-8-12-15/h3-12,16,21H,13H2,1-2H3,(H,19,20). The summed E-state index contributed by atoms with van der Waals surface area (Å²) in [5.74, 6) is -0.533. The van der Waals surface area contributed by atoms with Crippen LogP contribution in [0.5, 0.6) is 0 Å². The van der Waals surface area contributed by atoms with E-state index in [4.69, 9.17) is 9.47 Å². The largest absolute Gasteiger partial charge is 0.372 e. The lowest BCUT2D eigenvalue weighted by Crippen LogP contribution is -2.47. The fourth-order valence-electron chi connectivity index (χ4n) is 2.35. The molecule has 0 aliphatic heterocycles. The number of carbonyl (C=O) groups is 1. The first-order valence-corrected chi connectivity index (χ1v) is 7.30. The Morgan fingerprint density at radius 1 is 1.00 bits per heavy atom. The number of benzene rings is 2. The number of methoxy groups -OCH3 is 2. The molecule has 0 saturated carbocycles. The van der Waals surface area contributed by atoms with Crippen molar-refractivity contribution in [2.24, 2.45) is 0 Å². The maximum Gasteiger partial charge on any atom is 0.261 e. The van der Waals surface area contributed by atoms with Gasteiger partial charge in [-0.15, -0.1) is 0 Å². The van der Waals surface area contributed by atoms with E-state index < -0.39 is 17.8 Å². The molecule has 2 rings (SSSR count). The van der Waals surface area contributed by atoms with Crippen molar-refractivity contribution >= 4 is 5.91 Å². The van der Waals surface area contributed by atoms with Crippen LogP contribution in [0.4, 0.5) is 0 Å². The molecule has 0 spiro atoms. The first-order chi connectivity index (χ1) is 11.1. The molecule has 0 bridgehead atoms. The van der Waals surface area contributed by atoms with Crippen LogP contribution in [0, 0.1) is 0 Å². The van der Waals surface area contributed by atoms with E-state index in [-0.39, 0.29) is 6.54 Å². The molecule has 0 fully saturated rings. The van der Waals surface area contributed by atoms with Crippen molar-refractivity contribution in [3.05, 3.63) is 71.8 Å². The third kappa shape index (κ3) is 3.76. The molecule has 0 atom stereocenters. The van der Waals surface area contributed by atoms with Crippen LogP contribution in [0.3, 0.4) is 0 Å². The summed E-state index contributed by atoms with van der Waals surface area (Å²) in [6.45, 7) is 0.133. The summed E-state index contributed by atoms with van der Waals surface area (Å²) in [7, 11) is 2.97. The van der Waals surface area contributed by atoms with Crippen molar-refractivity contribution in [3.63, 3.8) is 0 Å². The molecule has 0 radical (unpaired) electrons. The number of aliphatic hydroxyl groups is 1. The molecule has 0 heterocycles. The summed E-state index contributed by atoms with van der Waals surface area (Å²) in [5.41, 5.74) is -0.792. The molecule has 2 aromatic carbocycles. The van der Waals surface area contributed by atoms with Gasteiger partial charge in [-0.25, -0.2) is 0 Å². The van der Waals surface area contributed by atoms with E-state index in [9.17, 15) is 9.90 Å². The molecule has 0 aliphatic carbocycles. The van der Waals surface area contributed by atoms with Gasteiger partial charge in [-0.05, 0) is 11.1 Å². The number of ether oxygens (including phenoxy) is 2. The van der Waals surface area contributed by atoms with E-state index in [1.165, 1.54) is 14.2 Å². The molecule has 5 nitrogen and oxygen atoms in total. The van der Waals surface area contributed by atoms with Crippen LogP contribution in [0.15, 0.2) is 60.7 Å². The Labute approximate surface area is 135 Å². The second kappa shape index (κ2) is 7.87. The number of hydrogen-bond acceptors (Lipinski definition) is 4. The number of carbonyl (C=O) groups excluding carboxylic acids is 1. The van der Waals surface area contributed by atoms with E-state index in [1.54, 1.807) is 48.5 Å². The van der Waals surface area contributed by atoms with Crippen LogP contribution in [-0.4, -0.2) is 38.1 Å². The second-order valence-electron chi connectivity index (χ2n) is 5.05. The second-order valence-corrected chi connectivity index (χ2v) is 5.05. The normalized spacial score (nSPS) is 11.5. The molecule has 2 N–H and O–H groups in total. The highest BCUT2D eigenvalue weighted by Crippen LogP contribution is 2.29. The smallest absolute Gasteiger partial charge is 0.261 e. The number of rotatable bonds is 7. The molecular formula is C18H21NO4. The summed E-state index contributed by atoms with van der Waals surface area (Å²) < 4.78 is 10.1. The Bertz CT molecular complexity index is 572. The van der Waals surface area contributed by atoms with Crippen LogP contribution in [-0.2, 0) is 19.9 Å². The van der Waals surface area contributed by atoms with Crippen LogP contribution in [0.2, 0.25) is 0 Å². The summed E-state index contributed by atoms with van der Waals surface area (Å²) in [6, 6.07) is 17.7. The summed E-state index contributed by atoms with van der Waals surface area (Å²) in [4.78, 5) is 12.7. The van der Waals surface area contributed by atoms with E-state index in [0.717, 1.165) is 0 Å². The zero-order valence-electron chi connectivity index (χ0n) is 13.2. The van der Waals surface area contributed by atoms with Crippen LogP contribution < -0.4 is 5.32 Å². The zero-order valence-corrected chi connectivity index (χ0v) is 13.2. The number of hydrogen-bond donors (Lipinski definition) is 2. The van der Waals surface area contributed by atoms with Crippen LogP contribution in [0.1, 0.15) is 11.1 Å². The Morgan fingerprint density at radius 3 is 1.83 bits per heavy atom. The van der Waals surface area contributed by atoms with Gasteiger partial charge in [-0.2, -0.15) is 0 Å². The quantitative estimate of drug-likeness (QED) is 0.763. The van der Waals surface area contributed by atoms with Crippen LogP contribution in [0.25, 0.3) is 0 Å². The van der Waals surface area contributed by atoms with Gasteiger partial charge in [0, 0.05) is 14.2 Å². The molecule has 122 valence electrons. The SMILES string of the molecule is COC(CNC(=O)C(O)(c1ccccc1)c1ccccc1)OC. The van der Waals surface area contributed by atoms with Crippen LogP contribution >= 0.6 is 0 Å². The van der Waals surface area contributed by atoms with E-state index in [0.29, 0.717) is 11.1 Å². The number of amides is 1. The fraction of sp³-hybridized carbons (Fsp3) is 0.278. The van der Waals surface area contributed by atoms with Gasteiger partial charge in [0.15, 0.2) is 11.9 Å². The average molecular weight is 315 g/mol. The van der Waals surface area contributed by atoms with Gasteiger partial charge in [0.25, 0.3) is 5.91 Å². The molecule has 0 aliphatic rings. The lowest BCUT2D eigenvalue weighted by molar-refractivity contribution is -0.141. The number of nitrogens with one attached hydrogen (secondary N) is 1. The Balaban J connectivity index is 2.33. The van der Waals surface area contributed by atoms with Gasteiger partial charge >= 0.3 is 0 Å². The predicted molar refractivity (Wildman–Crippen MR) is 86.7 cm³/mol. The lowest BCUT2D eigenvalue weighted by atomic mass is 9.85. The first-order valence-electron chi connectivity index (χ1n) is 7.30. The molecule has 23 heavy (non-hydrogen) atoms. The van der Waals surface area contributed by atoms with Gasteiger partial charge in [0.1, 0.15) is 0 Å². The van der Waals surface area contributed by atoms with Crippen molar-refractivity contribution in [1.82, 2.24) is 5.32 Å². The first kappa shape index (κ1) is 17.1. The predicted octanol–water partition coefficient (Wildman–Crippen LogP) is 1.66. The minimum absolute atomic E-state index is 0.133. The maximum atomic E-state index is 12.7. The van der Waals surface area contributed by atoms with Gasteiger partial charge in [-0.1, -0.05) is 60.7 Å². The minimum atomic E-state index is -1.78.